The van der Waals surface area contributed by atoms with Crippen LogP contribution in [-0.2, 0) is 4.79 Å². The van der Waals surface area contributed by atoms with Gasteiger partial charge >= 0.3 is 5.97 Å². The predicted octanol–water partition coefficient (Wildman–Crippen LogP) is 1.80. The van der Waals surface area contributed by atoms with E-state index in [0.717, 1.165) is 0 Å². The van der Waals surface area contributed by atoms with Gasteiger partial charge in [-0.1, -0.05) is 18.2 Å². The minimum atomic E-state index is -1.07. The van der Waals surface area contributed by atoms with E-state index >= 15 is 0 Å². The van der Waals surface area contributed by atoms with E-state index in [2.05, 4.69) is 10.3 Å². The van der Waals surface area contributed by atoms with Gasteiger partial charge in [-0.3, -0.25) is 4.79 Å². The van der Waals surface area contributed by atoms with E-state index in [1.807, 2.05) is 6.07 Å². The number of aromatic carboxylic acids is 1. The Kier molecular flexibility index (Phi) is 4.28. The van der Waals surface area contributed by atoms with Crippen LogP contribution in [0.3, 0.4) is 0 Å². The fourth-order valence-electron chi connectivity index (χ4n) is 1.44. The van der Waals surface area contributed by atoms with Crippen LogP contribution in [0.2, 0.25) is 0 Å². The SMILES string of the molecule is O=C(COc1ccccc1)Nc1ccc(C(=O)O)cn1. The number of carboxylic acids is 1. The number of ether oxygens (including phenoxy) is 1. The first-order valence-electron chi connectivity index (χ1n) is 5.82. The first-order valence-corrected chi connectivity index (χ1v) is 5.82. The van der Waals surface area contributed by atoms with E-state index in [1.54, 1.807) is 24.3 Å². The Labute approximate surface area is 115 Å². The largest absolute Gasteiger partial charge is 0.484 e. The Morgan fingerprint density at radius 3 is 2.50 bits per heavy atom. The zero-order chi connectivity index (χ0) is 14.4. The summed E-state index contributed by atoms with van der Waals surface area (Å²) in [4.78, 5) is 26.1. The summed E-state index contributed by atoms with van der Waals surface area (Å²) >= 11 is 0. The molecule has 2 rings (SSSR count). The van der Waals surface area contributed by atoms with Gasteiger partial charge in [-0.25, -0.2) is 9.78 Å². The number of nitrogens with zero attached hydrogens (tertiary/aromatic N) is 1. The highest BCUT2D eigenvalue weighted by atomic mass is 16.5. The van der Waals surface area contributed by atoms with Crippen molar-refractivity contribution in [2.45, 2.75) is 0 Å². The van der Waals surface area contributed by atoms with Crippen LogP contribution in [0.1, 0.15) is 10.4 Å². The highest BCUT2D eigenvalue weighted by Crippen LogP contribution is 2.09. The standard InChI is InChI=1S/C14H12N2O4/c17-13(9-20-11-4-2-1-3-5-11)16-12-7-6-10(8-15-12)14(18)19/h1-8H,9H2,(H,18,19)(H,15,16,17). The minimum Gasteiger partial charge on any atom is -0.484 e. The van der Waals surface area contributed by atoms with Crippen molar-refractivity contribution >= 4 is 17.7 Å². The Morgan fingerprint density at radius 2 is 1.90 bits per heavy atom. The second-order valence-electron chi connectivity index (χ2n) is 3.89. The van der Waals surface area contributed by atoms with Crippen LogP contribution in [0.5, 0.6) is 5.75 Å². The molecule has 1 aromatic carbocycles. The number of hydrogen-bond acceptors (Lipinski definition) is 4. The molecule has 0 aliphatic heterocycles. The molecule has 2 N–H and O–H groups in total. The monoisotopic (exact) mass is 272 g/mol. The summed E-state index contributed by atoms with van der Waals surface area (Å²) < 4.78 is 5.27. The Hall–Kier alpha value is -2.89. The van der Waals surface area contributed by atoms with Crippen molar-refractivity contribution in [2.75, 3.05) is 11.9 Å². The molecule has 1 aromatic heterocycles. The van der Waals surface area contributed by atoms with E-state index < -0.39 is 5.97 Å². The van der Waals surface area contributed by atoms with Gasteiger partial charge in [0.15, 0.2) is 6.61 Å². The summed E-state index contributed by atoms with van der Waals surface area (Å²) in [6, 6.07) is 11.7. The normalized spacial score (nSPS) is 9.80. The number of pyridine rings is 1. The second kappa shape index (κ2) is 6.33. The van der Waals surface area contributed by atoms with Gasteiger partial charge in [0.2, 0.25) is 0 Å². The Morgan fingerprint density at radius 1 is 1.15 bits per heavy atom. The highest BCUT2D eigenvalue weighted by Gasteiger charge is 2.06. The summed E-state index contributed by atoms with van der Waals surface area (Å²) in [5.41, 5.74) is 0.0588. The number of carboxylic acid groups (broad SMARTS) is 1. The quantitative estimate of drug-likeness (QED) is 0.866. The molecule has 0 saturated carbocycles. The summed E-state index contributed by atoms with van der Waals surface area (Å²) in [7, 11) is 0. The van der Waals surface area contributed by atoms with Crippen LogP contribution in [0.4, 0.5) is 5.82 Å². The number of amides is 1. The first-order chi connectivity index (χ1) is 9.65. The lowest BCUT2D eigenvalue weighted by molar-refractivity contribution is -0.118. The molecule has 0 atom stereocenters. The highest BCUT2D eigenvalue weighted by molar-refractivity contribution is 5.92. The maximum absolute atomic E-state index is 11.6. The number of nitrogens with one attached hydrogen (secondary N) is 1. The van der Waals surface area contributed by atoms with Crippen molar-refractivity contribution < 1.29 is 19.4 Å². The van der Waals surface area contributed by atoms with Crippen molar-refractivity contribution in [1.82, 2.24) is 4.98 Å². The van der Waals surface area contributed by atoms with E-state index in [0.29, 0.717) is 5.75 Å². The molecule has 20 heavy (non-hydrogen) atoms. The predicted molar refractivity (Wildman–Crippen MR) is 71.8 cm³/mol. The Bertz CT molecular complexity index is 596. The van der Waals surface area contributed by atoms with Crippen LogP contribution in [0.25, 0.3) is 0 Å². The number of anilines is 1. The number of carbonyl (C=O) groups is 2. The summed E-state index contributed by atoms with van der Waals surface area (Å²) in [5.74, 6) is -0.569. The lowest BCUT2D eigenvalue weighted by Gasteiger charge is -2.06. The number of benzene rings is 1. The molecule has 2 aromatic rings. The average Bonchev–Trinajstić information content (AvgIpc) is 2.47. The van der Waals surface area contributed by atoms with E-state index in [1.165, 1.54) is 18.3 Å². The molecule has 1 amide bonds. The number of carbonyl (C=O) groups excluding carboxylic acids is 1. The van der Waals surface area contributed by atoms with E-state index in [4.69, 9.17) is 9.84 Å². The molecule has 6 heteroatoms. The Balaban J connectivity index is 1.86. The number of rotatable bonds is 5. The fraction of sp³-hybridized carbons (Fsp3) is 0.0714. The lowest BCUT2D eigenvalue weighted by Crippen LogP contribution is -2.20. The fourth-order valence-corrected chi connectivity index (χ4v) is 1.44. The molecule has 0 aliphatic rings. The van der Waals surface area contributed by atoms with Crippen LogP contribution in [0.15, 0.2) is 48.7 Å². The molecule has 0 radical (unpaired) electrons. The molecule has 1 heterocycles. The van der Waals surface area contributed by atoms with Crippen molar-refractivity contribution in [3.8, 4) is 5.75 Å². The second-order valence-corrected chi connectivity index (χ2v) is 3.89. The molecular formula is C14H12N2O4. The van der Waals surface area contributed by atoms with Crippen molar-refractivity contribution in [3.63, 3.8) is 0 Å². The lowest BCUT2D eigenvalue weighted by atomic mass is 10.3. The molecule has 0 spiro atoms. The van der Waals surface area contributed by atoms with E-state index in [-0.39, 0.29) is 23.9 Å². The average molecular weight is 272 g/mol. The third-order valence-corrected chi connectivity index (χ3v) is 2.39. The van der Waals surface area contributed by atoms with Gasteiger partial charge in [0.25, 0.3) is 5.91 Å². The first kappa shape index (κ1) is 13.5. The van der Waals surface area contributed by atoms with Crippen LogP contribution < -0.4 is 10.1 Å². The zero-order valence-corrected chi connectivity index (χ0v) is 10.4. The molecule has 0 bridgehead atoms. The van der Waals surface area contributed by atoms with E-state index in [9.17, 15) is 9.59 Å². The topological polar surface area (TPSA) is 88.5 Å². The number of aromatic nitrogens is 1. The molecular weight excluding hydrogens is 260 g/mol. The van der Waals surface area contributed by atoms with Crippen molar-refractivity contribution in [2.24, 2.45) is 0 Å². The molecule has 102 valence electrons. The molecule has 0 aliphatic carbocycles. The van der Waals surface area contributed by atoms with Gasteiger partial charge in [-0.05, 0) is 24.3 Å². The minimum absolute atomic E-state index is 0.0588. The van der Waals surface area contributed by atoms with Gasteiger partial charge in [-0.2, -0.15) is 0 Å². The van der Waals surface area contributed by atoms with Crippen LogP contribution >= 0.6 is 0 Å². The van der Waals surface area contributed by atoms with Crippen LogP contribution in [0, 0.1) is 0 Å². The molecule has 0 fully saturated rings. The number of para-hydroxylation sites is 1. The third kappa shape index (κ3) is 3.81. The summed E-state index contributed by atoms with van der Waals surface area (Å²) in [5, 5.41) is 11.2. The van der Waals surface area contributed by atoms with Gasteiger partial charge < -0.3 is 15.2 Å². The maximum Gasteiger partial charge on any atom is 0.337 e. The molecule has 6 nitrogen and oxygen atoms in total. The molecule has 0 unspecified atom stereocenters. The summed E-state index contributed by atoms with van der Waals surface area (Å²) in [6.45, 7) is -0.146. The van der Waals surface area contributed by atoms with Gasteiger partial charge in [-0.15, -0.1) is 0 Å². The third-order valence-electron chi connectivity index (χ3n) is 2.39. The maximum atomic E-state index is 11.6. The van der Waals surface area contributed by atoms with Gasteiger partial charge in [0, 0.05) is 6.20 Å². The van der Waals surface area contributed by atoms with Crippen molar-refractivity contribution in [3.05, 3.63) is 54.2 Å². The van der Waals surface area contributed by atoms with Crippen LogP contribution in [-0.4, -0.2) is 28.6 Å². The zero-order valence-electron chi connectivity index (χ0n) is 10.4. The molecule has 0 saturated heterocycles. The van der Waals surface area contributed by atoms with Gasteiger partial charge in [0.1, 0.15) is 11.6 Å². The summed E-state index contributed by atoms with van der Waals surface area (Å²) in [6.07, 6.45) is 1.18. The smallest absolute Gasteiger partial charge is 0.337 e. The number of hydrogen-bond donors (Lipinski definition) is 2. The van der Waals surface area contributed by atoms with Crippen molar-refractivity contribution in [1.29, 1.82) is 0 Å². The van der Waals surface area contributed by atoms with Gasteiger partial charge in [0.05, 0.1) is 5.56 Å².